The van der Waals surface area contributed by atoms with Crippen LogP contribution in [-0.4, -0.2) is 53.6 Å². The smallest absolute Gasteiger partial charge is 0.272 e. The minimum atomic E-state index is -2.71. The van der Waals surface area contributed by atoms with Gasteiger partial charge >= 0.3 is 0 Å². The molecule has 2 heterocycles. The molecule has 1 unspecified atom stereocenters. The van der Waals surface area contributed by atoms with Gasteiger partial charge < -0.3 is 24.5 Å². The minimum Gasteiger partial charge on any atom is -0.495 e. The van der Waals surface area contributed by atoms with E-state index in [1.807, 2.05) is 20.8 Å². The Labute approximate surface area is 247 Å². The lowest BCUT2D eigenvalue weighted by molar-refractivity contribution is -0.123. The number of ether oxygens (including phenoxy) is 3. The number of primary amides is 1. The van der Waals surface area contributed by atoms with Gasteiger partial charge in [0.25, 0.3) is 17.9 Å². The highest BCUT2D eigenvalue weighted by Gasteiger charge is 2.25. The van der Waals surface area contributed by atoms with Gasteiger partial charge in [-0.3, -0.25) is 19.4 Å². The number of benzene rings is 1. The van der Waals surface area contributed by atoms with Crippen LogP contribution in [0.5, 0.6) is 11.5 Å². The number of amides is 1. The van der Waals surface area contributed by atoms with Crippen LogP contribution in [0.4, 0.5) is 8.78 Å². The number of aryl methyl sites for hydroxylation is 1. The van der Waals surface area contributed by atoms with Crippen LogP contribution in [-0.2, 0) is 16.0 Å². The lowest BCUT2D eigenvalue weighted by Gasteiger charge is -2.24. The molecule has 1 atom stereocenters. The van der Waals surface area contributed by atoms with Crippen LogP contribution in [0.3, 0.4) is 0 Å². The van der Waals surface area contributed by atoms with E-state index in [0.717, 1.165) is 5.56 Å². The van der Waals surface area contributed by atoms with E-state index in [1.54, 1.807) is 6.07 Å². The highest BCUT2D eigenvalue weighted by atomic mass is 35.5. The van der Waals surface area contributed by atoms with Crippen molar-refractivity contribution in [2.24, 2.45) is 5.73 Å². The topological polar surface area (TPSA) is 123 Å². The normalized spacial score (nSPS) is 12.3. The Morgan fingerprint density at radius 2 is 1.81 bits per heavy atom. The van der Waals surface area contributed by atoms with Gasteiger partial charge in [0.15, 0.2) is 5.78 Å². The second-order valence-electron chi connectivity index (χ2n) is 10.5. The van der Waals surface area contributed by atoms with Gasteiger partial charge in [-0.2, -0.15) is 0 Å². The van der Waals surface area contributed by atoms with Crippen LogP contribution in [0.1, 0.15) is 55.7 Å². The fraction of sp³-hybridized carbons (Fsp3) is 0.400. The van der Waals surface area contributed by atoms with E-state index in [2.05, 4.69) is 4.98 Å². The number of carbonyl (C=O) groups excluding carboxylic acids is 2. The van der Waals surface area contributed by atoms with Gasteiger partial charge in [0.05, 0.1) is 24.9 Å². The van der Waals surface area contributed by atoms with Crippen LogP contribution < -0.4 is 20.8 Å². The molecule has 42 heavy (non-hydrogen) atoms. The zero-order chi connectivity index (χ0) is 31.0. The molecule has 0 radical (unpaired) electrons. The van der Waals surface area contributed by atoms with Crippen molar-refractivity contribution in [2.75, 3.05) is 20.3 Å². The van der Waals surface area contributed by atoms with Crippen molar-refractivity contribution in [3.63, 3.8) is 0 Å². The van der Waals surface area contributed by atoms with Gasteiger partial charge in [-0.15, -0.1) is 0 Å². The van der Waals surface area contributed by atoms with Crippen molar-refractivity contribution in [1.82, 2.24) is 9.55 Å². The number of halogens is 3. The van der Waals surface area contributed by atoms with E-state index < -0.39 is 36.1 Å². The van der Waals surface area contributed by atoms with Gasteiger partial charge in [0.2, 0.25) is 0 Å². The SMILES string of the molecule is COc1cn(C(CCOC(C)(C)C)C(=O)CCc2ccc(C(N)=O)nc2)c(=O)cc1-c1cc(Cl)ccc1OCC(F)F. The van der Waals surface area contributed by atoms with Crippen LogP contribution in [0, 0.1) is 0 Å². The molecule has 2 aromatic heterocycles. The van der Waals surface area contributed by atoms with E-state index in [4.69, 9.17) is 31.5 Å². The average molecular weight is 606 g/mol. The third kappa shape index (κ3) is 9.09. The Kier molecular flexibility index (Phi) is 11.2. The fourth-order valence-electron chi connectivity index (χ4n) is 4.22. The molecule has 0 saturated heterocycles. The molecule has 0 bridgehead atoms. The molecule has 0 aliphatic rings. The number of hydrogen-bond donors (Lipinski definition) is 1. The van der Waals surface area contributed by atoms with E-state index in [-0.39, 0.29) is 53.6 Å². The predicted molar refractivity (Wildman–Crippen MR) is 155 cm³/mol. The lowest BCUT2D eigenvalue weighted by Crippen LogP contribution is -2.32. The number of ketones is 1. The maximum atomic E-state index is 13.5. The summed E-state index contributed by atoms with van der Waals surface area (Å²) in [6.45, 7) is 5.00. The number of Topliss-reactive ketones (excluding diaryl/α,β-unsaturated/α-hetero) is 1. The fourth-order valence-corrected chi connectivity index (χ4v) is 4.39. The van der Waals surface area contributed by atoms with Crippen LogP contribution in [0.2, 0.25) is 5.02 Å². The molecule has 0 aliphatic heterocycles. The highest BCUT2D eigenvalue weighted by molar-refractivity contribution is 6.31. The van der Waals surface area contributed by atoms with Gasteiger partial charge in [-0.1, -0.05) is 17.7 Å². The summed E-state index contributed by atoms with van der Waals surface area (Å²) in [5.41, 5.74) is 5.64. The largest absolute Gasteiger partial charge is 0.495 e. The number of nitrogens with zero attached hydrogens (tertiary/aromatic N) is 2. The molecule has 0 aliphatic carbocycles. The molecular formula is C30H34ClF2N3O6. The van der Waals surface area contributed by atoms with Crippen LogP contribution >= 0.6 is 11.6 Å². The Balaban J connectivity index is 1.97. The van der Waals surface area contributed by atoms with Gasteiger partial charge in [0, 0.05) is 41.4 Å². The molecule has 1 amide bonds. The molecule has 3 rings (SSSR count). The van der Waals surface area contributed by atoms with Crippen molar-refractivity contribution in [1.29, 1.82) is 0 Å². The number of hydrogen-bond acceptors (Lipinski definition) is 7. The number of nitrogens with two attached hydrogens (primary N) is 1. The third-order valence-electron chi connectivity index (χ3n) is 6.23. The van der Waals surface area contributed by atoms with E-state index in [0.29, 0.717) is 11.4 Å². The molecule has 0 saturated carbocycles. The second-order valence-corrected chi connectivity index (χ2v) is 10.9. The molecule has 12 heteroatoms. The molecule has 0 fully saturated rings. The highest BCUT2D eigenvalue weighted by Crippen LogP contribution is 2.38. The van der Waals surface area contributed by atoms with E-state index in [1.165, 1.54) is 54.4 Å². The zero-order valence-electron chi connectivity index (χ0n) is 23.9. The van der Waals surface area contributed by atoms with E-state index >= 15 is 0 Å². The quantitative estimate of drug-likeness (QED) is 0.266. The molecule has 1 aromatic carbocycles. The number of methoxy groups -OCH3 is 1. The maximum Gasteiger partial charge on any atom is 0.272 e. The molecule has 3 aromatic rings. The maximum absolute atomic E-state index is 13.5. The van der Waals surface area contributed by atoms with Gasteiger partial charge in [-0.05, 0) is 63.4 Å². The van der Waals surface area contributed by atoms with Crippen molar-refractivity contribution in [2.45, 2.75) is 58.1 Å². The lowest BCUT2D eigenvalue weighted by atomic mass is 10.0. The second kappa shape index (κ2) is 14.4. The standard InChI is InChI=1S/C30H34ClF2N3O6/c1-30(2,3)42-12-11-23(24(37)9-6-18-5-8-22(29(34)39)35-15-18)36-16-26(40-4)21(14-28(36)38)20-13-19(31)7-10-25(20)41-17-27(32)33/h5,7-8,10,13-16,23,27H,6,9,11-12,17H2,1-4H3,(H2,34,39). The minimum absolute atomic E-state index is 0.0776. The Bertz CT molecular complexity index is 1450. The summed E-state index contributed by atoms with van der Waals surface area (Å²) in [6, 6.07) is 7.93. The first kappa shape index (κ1) is 32.7. The monoisotopic (exact) mass is 605 g/mol. The summed E-state index contributed by atoms with van der Waals surface area (Å²) in [7, 11) is 1.39. The van der Waals surface area contributed by atoms with Gasteiger partial charge in [0.1, 0.15) is 23.8 Å². The third-order valence-corrected chi connectivity index (χ3v) is 6.47. The molecule has 9 nitrogen and oxygen atoms in total. The van der Waals surface area contributed by atoms with Crippen molar-refractivity contribution < 1.29 is 32.6 Å². The summed E-state index contributed by atoms with van der Waals surface area (Å²) in [4.78, 5) is 42.3. The summed E-state index contributed by atoms with van der Waals surface area (Å²) in [5, 5.41) is 0.298. The first-order valence-corrected chi connectivity index (χ1v) is 13.6. The molecule has 226 valence electrons. The Morgan fingerprint density at radius 3 is 2.40 bits per heavy atom. The zero-order valence-corrected chi connectivity index (χ0v) is 24.6. The molecular weight excluding hydrogens is 572 g/mol. The predicted octanol–water partition coefficient (Wildman–Crippen LogP) is 5.26. The number of carbonyl (C=O) groups is 2. The average Bonchev–Trinajstić information content (AvgIpc) is 2.93. The first-order valence-electron chi connectivity index (χ1n) is 13.2. The molecule has 2 N–H and O–H groups in total. The summed E-state index contributed by atoms with van der Waals surface area (Å²) in [6.07, 6.45) is 0.790. The Hall–Kier alpha value is -3.83. The summed E-state index contributed by atoms with van der Waals surface area (Å²) in [5.74, 6) is -0.581. The number of pyridine rings is 2. The van der Waals surface area contributed by atoms with Gasteiger partial charge in [-0.25, -0.2) is 8.78 Å². The summed E-state index contributed by atoms with van der Waals surface area (Å²) < 4.78 is 43.7. The van der Waals surface area contributed by atoms with Crippen molar-refractivity contribution in [3.05, 3.63) is 75.4 Å². The first-order chi connectivity index (χ1) is 19.8. The molecule has 0 spiro atoms. The van der Waals surface area contributed by atoms with Crippen molar-refractivity contribution in [3.8, 4) is 22.6 Å². The number of alkyl halides is 2. The van der Waals surface area contributed by atoms with Crippen molar-refractivity contribution >= 4 is 23.3 Å². The Morgan fingerprint density at radius 1 is 1.10 bits per heavy atom. The number of rotatable bonds is 14. The van der Waals surface area contributed by atoms with E-state index in [9.17, 15) is 23.2 Å². The summed E-state index contributed by atoms with van der Waals surface area (Å²) >= 11 is 6.18. The van der Waals surface area contributed by atoms with Crippen LogP contribution in [0.25, 0.3) is 11.1 Å². The van der Waals surface area contributed by atoms with Crippen LogP contribution in [0.15, 0.2) is 53.6 Å². The number of aromatic nitrogens is 2.